The van der Waals surface area contributed by atoms with Gasteiger partial charge in [0.1, 0.15) is 5.82 Å². The van der Waals surface area contributed by atoms with Gasteiger partial charge in [0, 0.05) is 23.1 Å². The van der Waals surface area contributed by atoms with Gasteiger partial charge >= 0.3 is 6.55 Å². The van der Waals surface area contributed by atoms with Crippen molar-refractivity contribution in [3.05, 3.63) is 47.0 Å². The lowest BCUT2D eigenvalue weighted by molar-refractivity contribution is 0.0673. The van der Waals surface area contributed by atoms with E-state index >= 15 is 0 Å². The average molecular weight is 272 g/mol. The zero-order valence-electron chi connectivity index (χ0n) is 9.70. The van der Waals surface area contributed by atoms with Crippen LogP contribution < -0.4 is 5.32 Å². The number of rotatable bonds is 4. The number of anilines is 1. The van der Waals surface area contributed by atoms with Crippen molar-refractivity contribution < 1.29 is 8.78 Å². The third-order valence-electron chi connectivity index (χ3n) is 2.60. The van der Waals surface area contributed by atoms with E-state index in [1.54, 1.807) is 12.1 Å². The Bertz CT molecular complexity index is 540. The van der Waals surface area contributed by atoms with Crippen LogP contribution in [0.25, 0.3) is 0 Å². The summed E-state index contributed by atoms with van der Waals surface area (Å²) < 4.78 is 26.0. The van der Waals surface area contributed by atoms with Crippen LogP contribution in [-0.4, -0.2) is 9.55 Å². The second kappa shape index (κ2) is 5.35. The molecule has 18 heavy (non-hydrogen) atoms. The van der Waals surface area contributed by atoms with Gasteiger partial charge in [-0.05, 0) is 24.6 Å². The molecule has 0 aliphatic heterocycles. The number of halogens is 3. The summed E-state index contributed by atoms with van der Waals surface area (Å²) in [6.45, 7) is -0.443. The number of alkyl halides is 2. The van der Waals surface area contributed by atoms with Crippen molar-refractivity contribution in [2.75, 3.05) is 5.32 Å². The number of aromatic nitrogens is 2. The molecule has 1 N–H and O–H groups in total. The summed E-state index contributed by atoms with van der Waals surface area (Å²) in [5.74, 6) is 0.282. The molecule has 2 aromatic rings. The van der Waals surface area contributed by atoms with Crippen LogP contribution in [0.1, 0.15) is 17.9 Å². The maximum atomic E-state index is 12.6. The molecule has 0 spiro atoms. The maximum absolute atomic E-state index is 12.6. The molecule has 0 saturated heterocycles. The van der Waals surface area contributed by atoms with Gasteiger partial charge in [0.2, 0.25) is 0 Å². The summed E-state index contributed by atoms with van der Waals surface area (Å²) in [6.07, 6.45) is 2.61. The van der Waals surface area contributed by atoms with Crippen LogP contribution in [0.4, 0.5) is 14.5 Å². The fraction of sp³-hybridized carbons (Fsp3) is 0.250. The molecule has 3 nitrogen and oxygen atoms in total. The van der Waals surface area contributed by atoms with Crippen LogP contribution in [0, 0.1) is 6.92 Å². The zero-order chi connectivity index (χ0) is 13.1. The second-order valence-electron chi connectivity index (χ2n) is 3.84. The van der Waals surface area contributed by atoms with E-state index in [0.29, 0.717) is 5.02 Å². The third-order valence-corrected chi connectivity index (χ3v) is 2.83. The third kappa shape index (κ3) is 2.79. The molecular weight excluding hydrogens is 260 g/mol. The number of aryl methyl sites for hydroxylation is 1. The van der Waals surface area contributed by atoms with Crippen molar-refractivity contribution in [2.45, 2.75) is 20.0 Å². The minimum Gasteiger partial charge on any atom is -0.378 e. The van der Waals surface area contributed by atoms with Gasteiger partial charge in [-0.1, -0.05) is 17.7 Å². The van der Waals surface area contributed by atoms with Gasteiger partial charge in [0.05, 0.1) is 6.54 Å². The van der Waals surface area contributed by atoms with E-state index in [1.165, 1.54) is 12.4 Å². The summed E-state index contributed by atoms with van der Waals surface area (Å²) in [5, 5.41) is 3.65. The average Bonchev–Trinajstić information content (AvgIpc) is 2.79. The summed E-state index contributed by atoms with van der Waals surface area (Å²) >= 11 is 5.88. The Labute approximate surface area is 108 Å². The first kappa shape index (κ1) is 12.8. The van der Waals surface area contributed by atoms with Gasteiger partial charge in [-0.3, -0.25) is 4.57 Å². The molecule has 0 aliphatic rings. The van der Waals surface area contributed by atoms with Crippen molar-refractivity contribution >= 4 is 17.3 Å². The molecule has 96 valence electrons. The molecule has 1 heterocycles. The Morgan fingerprint density at radius 2 is 2.22 bits per heavy atom. The summed E-state index contributed by atoms with van der Waals surface area (Å²) in [5.41, 5.74) is 1.81. The lowest BCUT2D eigenvalue weighted by atomic mass is 10.2. The van der Waals surface area contributed by atoms with E-state index in [0.717, 1.165) is 15.8 Å². The van der Waals surface area contributed by atoms with E-state index in [1.807, 2.05) is 13.0 Å². The molecule has 0 unspecified atom stereocenters. The molecule has 0 amide bonds. The Kier molecular flexibility index (Phi) is 3.81. The van der Waals surface area contributed by atoms with Gasteiger partial charge in [-0.15, -0.1) is 0 Å². The van der Waals surface area contributed by atoms with E-state index in [2.05, 4.69) is 10.3 Å². The van der Waals surface area contributed by atoms with Crippen LogP contribution in [-0.2, 0) is 6.54 Å². The molecule has 2 rings (SSSR count). The standard InChI is InChI=1S/C12H12ClF2N3/c1-8-2-3-9(13)6-10(8)17-7-11-16-4-5-18(11)12(14)15/h2-6,12,17H,7H2,1H3. The van der Waals surface area contributed by atoms with E-state index in [4.69, 9.17) is 11.6 Å². The van der Waals surface area contributed by atoms with Crippen LogP contribution >= 0.6 is 11.6 Å². The smallest absolute Gasteiger partial charge is 0.319 e. The summed E-state index contributed by atoms with van der Waals surface area (Å²) in [4.78, 5) is 3.89. The molecule has 1 aromatic carbocycles. The Morgan fingerprint density at radius 3 is 2.94 bits per heavy atom. The van der Waals surface area contributed by atoms with Crippen LogP contribution in [0.5, 0.6) is 0 Å². The van der Waals surface area contributed by atoms with Gasteiger partial charge in [-0.25, -0.2) is 4.98 Å². The fourth-order valence-electron chi connectivity index (χ4n) is 1.62. The summed E-state index contributed by atoms with van der Waals surface area (Å²) in [7, 11) is 0. The van der Waals surface area contributed by atoms with Crippen LogP contribution in [0.15, 0.2) is 30.6 Å². The second-order valence-corrected chi connectivity index (χ2v) is 4.28. The molecule has 0 bridgehead atoms. The molecule has 0 saturated carbocycles. The Balaban J connectivity index is 2.11. The van der Waals surface area contributed by atoms with Gasteiger partial charge in [0.25, 0.3) is 0 Å². The van der Waals surface area contributed by atoms with Gasteiger partial charge in [-0.2, -0.15) is 8.78 Å². The number of imidazole rings is 1. The normalized spacial score (nSPS) is 10.9. The minimum atomic E-state index is -2.58. The van der Waals surface area contributed by atoms with E-state index in [9.17, 15) is 8.78 Å². The van der Waals surface area contributed by atoms with E-state index < -0.39 is 6.55 Å². The first-order valence-corrected chi connectivity index (χ1v) is 5.75. The van der Waals surface area contributed by atoms with Crippen LogP contribution in [0.2, 0.25) is 5.02 Å². The number of nitrogens with one attached hydrogen (secondary N) is 1. The van der Waals surface area contributed by atoms with Gasteiger partial charge < -0.3 is 5.32 Å². The van der Waals surface area contributed by atoms with Crippen molar-refractivity contribution in [1.82, 2.24) is 9.55 Å². The highest BCUT2D eigenvalue weighted by atomic mass is 35.5. The zero-order valence-corrected chi connectivity index (χ0v) is 10.5. The Morgan fingerprint density at radius 1 is 1.44 bits per heavy atom. The van der Waals surface area contributed by atoms with Crippen molar-refractivity contribution in [2.24, 2.45) is 0 Å². The van der Waals surface area contributed by atoms with Crippen molar-refractivity contribution in [3.63, 3.8) is 0 Å². The number of hydrogen-bond acceptors (Lipinski definition) is 2. The molecule has 1 aromatic heterocycles. The van der Waals surface area contributed by atoms with E-state index in [-0.39, 0.29) is 12.4 Å². The Hall–Kier alpha value is -1.62. The molecule has 0 radical (unpaired) electrons. The van der Waals surface area contributed by atoms with Gasteiger partial charge in [0.15, 0.2) is 0 Å². The lowest BCUT2D eigenvalue weighted by Gasteiger charge is -2.11. The number of hydrogen-bond donors (Lipinski definition) is 1. The first-order valence-electron chi connectivity index (χ1n) is 5.38. The molecule has 0 aliphatic carbocycles. The fourth-order valence-corrected chi connectivity index (χ4v) is 1.79. The predicted molar refractivity (Wildman–Crippen MR) is 67.0 cm³/mol. The molecular formula is C12H12ClF2N3. The summed E-state index contributed by atoms with van der Waals surface area (Å²) in [6, 6.07) is 5.40. The van der Waals surface area contributed by atoms with Crippen LogP contribution in [0.3, 0.4) is 0 Å². The largest absolute Gasteiger partial charge is 0.378 e. The highest BCUT2D eigenvalue weighted by Crippen LogP contribution is 2.21. The number of nitrogens with zero attached hydrogens (tertiary/aromatic N) is 2. The minimum absolute atomic E-state index is 0.221. The first-order chi connectivity index (χ1) is 8.58. The maximum Gasteiger partial charge on any atom is 0.319 e. The highest BCUT2D eigenvalue weighted by molar-refractivity contribution is 6.30. The molecule has 6 heteroatoms. The predicted octanol–water partition coefficient (Wildman–Crippen LogP) is 3.85. The number of benzene rings is 1. The molecule has 0 atom stereocenters. The highest BCUT2D eigenvalue weighted by Gasteiger charge is 2.11. The van der Waals surface area contributed by atoms with Crippen molar-refractivity contribution in [1.29, 1.82) is 0 Å². The topological polar surface area (TPSA) is 29.9 Å². The quantitative estimate of drug-likeness (QED) is 0.915. The molecule has 0 fully saturated rings. The monoisotopic (exact) mass is 271 g/mol. The lowest BCUT2D eigenvalue weighted by Crippen LogP contribution is -2.09. The SMILES string of the molecule is Cc1ccc(Cl)cc1NCc1nccn1C(F)F. The van der Waals surface area contributed by atoms with Crippen molar-refractivity contribution in [3.8, 4) is 0 Å².